The van der Waals surface area contributed by atoms with E-state index in [0.717, 1.165) is 35.8 Å². The van der Waals surface area contributed by atoms with E-state index in [1.165, 1.54) is 23.1 Å². The van der Waals surface area contributed by atoms with E-state index < -0.39 is 0 Å². The second-order valence-corrected chi connectivity index (χ2v) is 10.1. The number of thiophene rings is 1. The second-order valence-electron chi connectivity index (χ2n) is 8.29. The molecule has 0 bridgehead atoms. The molecule has 0 N–H and O–H groups in total. The summed E-state index contributed by atoms with van der Waals surface area (Å²) < 4.78 is 7.13. The Morgan fingerprint density at radius 2 is 1.74 bits per heavy atom. The normalized spacial score (nSPS) is 13.9. The summed E-state index contributed by atoms with van der Waals surface area (Å²) in [7, 11) is 1.67. The minimum absolute atomic E-state index is 0.0477. The zero-order valence-electron chi connectivity index (χ0n) is 19.6. The molecule has 0 atom stereocenters. The van der Waals surface area contributed by atoms with Crippen molar-refractivity contribution < 1.29 is 9.53 Å². The molecule has 7 nitrogen and oxygen atoms in total. The van der Waals surface area contributed by atoms with Gasteiger partial charge < -0.3 is 14.5 Å². The van der Waals surface area contributed by atoms with Gasteiger partial charge >= 0.3 is 0 Å². The standard InChI is InChI=1S/C26H26N4O3S2/c1-18-7-3-4-8-20(18)30-25(32)19-11-16-34-24(19)27-26(30)35-17-23(31)29-14-12-28(13-15-29)21-9-5-6-10-22(21)33-2/h3-11,16H,12-15,17H2,1-2H3. The molecule has 1 fully saturated rings. The molecule has 1 aliphatic rings. The predicted octanol–water partition coefficient (Wildman–Crippen LogP) is 4.21. The molecule has 0 saturated carbocycles. The number of carbonyl (C=O) groups excluding carboxylic acids is 1. The molecule has 1 amide bonds. The van der Waals surface area contributed by atoms with Crippen molar-refractivity contribution in [2.45, 2.75) is 12.1 Å². The van der Waals surface area contributed by atoms with Crippen LogP contribution in [-0.2, 0) is 4.79 Å². The molecule has 1 saturated heterocycles. The third-order valence-electron chi connectivity index (χ3n) is 6.21. The molecule has 5 rings (SSSR count). The topological polar surface area (TPSA) is 67.7 Å². The van der Waals surface area contributed by atoms with Gasteiger partial charge in [-0.25, -0.2) is 4.98 Å². The van der Waals surface area contributed by atoms with Crippen molar-refractivity contribution in [2.75, 3.05) is 43.9 Å². The average Bonchev–Trinajstić information content (AvgIpc) is 3.37. The van der Waals surface area contributed by atoms with Gasteiger partial charge in [-0.3, -0.25) is 14.2 Å². The van der Waals surface area contributed by atoms with Crippen molar-refractivity contribution in [3.8, 4) is 11.4 Å². The number of aryl methyl sites for hydroxylation is 1. The summed E-state index contributed by atoms with van der Waals surface area (Å²) in [6.45, 7) is 4.73. The lowest BCUT2D eigenvalue weighted by Gasteiger charge is -2.36. The number of piperazine rings is 1. The Morgan fingerprint density at radius 1 is 1.03 bits per heavy atom. The maximum atomic E-state index is 13.3. The average molecular weight is 507 g/mol. The van der Waals surface area contributed by atoms with Crippen LogP contribution in [-0.4, -0.2) is 59.4 Å². The zero-order chi connectivity index (χ0) is 24.4. The number of thioether (sulfide) groups is 1. The van der Waals surface area contributed by atoms with E-state index in [1.54, 1.807) is 11.7 Å². The van der Waals surface area contributed by atoms with Gasteiger partial charge in [0, 0.05) is 26.2 Å². The molecular formula is C26H26N4O3S2. The molecular weight excluding hydrogens is 480 g/mol. The summed E-state index contributed by atoms with van der Waals surface area (Å²) in [5, 5.41) is 3.02. The minimum Gasteiger partial charge on any atom is -0.495 e. The van der Waals surface area contributed by atoms with E-state index in [-0.39, 0.29) is 17.2 Å². The van der Waals surface area contributed by atoms with Gasteiger partial charge in [0.2, 0.25) is 5.91 Å². The fraction of sp³-hybridized carbons (Fsp3) is 0.269. The number of benzene rings is 2. The number of aromatic nitrogens is 2. The lowest BCUT2D eigenvalue weighted by atomic mass is 10.2. The molecule has 4 aromatic rings. The summed E-state index contributed by atoms with van der Waals surface area (Å²) in [5.41, 5.74) is 2.71. The highest BCUT2D eigenvalue weighted by molar-refractivity contribution is 7.99. The molecule has 2 aromatic heterocycles. The van der Waals surface area contributed by atoms with Crippen LogP contribution >= 0.6 is 23.1 Å². The predicted molar refractivity (Wildman–Crippen MR) is 142 cm³/mol. The molecule has 0 unspecified atom stereocenters. The smallest absolute Gasteiger partial charge is 0.267 e. The number of hydrogen-bond acceptors (Lipinski definition) is 7. The molecule has 3 heterocycles. The van der Waals surface area contributed by atoms with Gasteiger partial charge in [-0.05, 0) is 42.1 Å². The Bertz CT molecular complexity index is 1420. The Kier molecular flexibility index (Phi) is 6.79. The molecule has 180 valence electrons. The molecule has 0 aliphatic carbocycles. The van der Waals surface area contributed by atoms with E-state index in [4.69, 9.17) is 9.72 Å². The van der Waals surface area contributed by atoms with Crippen molar-refractivity contribution in [3.63, 3.8) is 0 Å². The summed E-state index contributed by atoms with van der Waals surface area (Å²) in [6.07, 6.45) is 0. The number of amides is 1. The van der Waals surface area contributed by atoms with E-state index in [1.807, 2.05) is 71.8 Å². The Morgan fingerprint density at radius 3 is 2.49 bits per heavy atom. The lowest BCUT2D eigenvalue weighted by Crippen LogP contribution is -2.49. The van der Waals surface area contributed by atoms with Crippen LogP contribution in [0.3, 0.4) is 0 Å². The number of anilines is 1. The van der Waals surface area contributed by atoms with Crippen LogP contribution in [0.25, 0.3) is 15.9 Å². The van der Waals surface area contributed by atoms with Gasteiger partial charge in [0.1, 0.15) is 10.6 Å². The van der Waals surface area contributed by atoms with Gasteiger partial charge in [0.15, 0.2) is 5.16 Å². The first kappa shape index (κ1) is 23.4. The lowest BCUT2D eigenvalue weighted by molar-refractivity contribution is -0.128. The molecule has 35 heavy (non-hydrogen) atoms. The third-order valence-corrected chi connectivity index (χ3v) is 7.94. The van der Waals surface area contributed by atoms with Crippen LogP contribution in [0.15, 0.2) is 69.9 Å². The van der Waals surface area contributed by atoms with Crippen molar-refractivity contribution in [3.05, 3.63) is 75.9 Å². The van der Waals surface area contributed by atoms with Gasteiger partial charge in [0.25, 0.3) is 5.56 Å². The van der Waals surface area contributed by atoms with Crippen LogP contribution < -0.4 is 15.2 Å². The molecule has 0 radical (unpaired) electrons. The molecule has 1 aliphatic heterocycles. The SMILES string of the molecule is COc1ccccc1N1CCN(C(=O)CSc2nc3sccc3c(=O)n2-c2ccccc2C)CC1. The monoisotopic (exact) mass is 506 g/mol. The fourth-order valence-electron chi connectivity index (χ4n) is 4.32. The summed E-state index contributed by atoms with van der Waals surface area (Å²) in [5.74, 6) is 1.11. The maximum absolute atomic E-state index is 13.3. The van der Waals surface area contributed by atoms with Crippen molar-refractivity contribution in [1.82, 2.24) is 14.5 Å². The Labute approximate surface area is 212 Å². The second kappa shape index (κ2) is 10.1. The van der Waals surface area contributed by atoms with Crippen molar-refractivity contribution in [1.29, 1.82) is 0 Å². The summed E-state index contributed by atoms with van der Waals surface area (Å²) in [6, 6.07) is 17.5. The third kappa shape index (κ3) is 4.66. The van der Waals surface area contributed by atoms with E-state index >= 15 is 0 Å². The molecule has 0 spiro atoms. The number of methoxy groups -OCH3 is 1. The highest BCUT2D eigenvalue weighted by Crippen LogP contribution is 2.29. The van der Waals surface area contributed by atoms with Crippen LogP contribution in [0, 0.1) is 6.92 Å². The van der Waals surface area contributed by atoms with E-state index in [9.17, 15) is 9.59 Å². The Hall–Kier alpha value is -3.30. The highest BCUT2D eigenvalue weighted by Gasteiger charge is 2.24. The maximum Gasteiger partial charge on any atom is 0.267 e. The molecule has 9 heteroatoms. The van der Waals surface area contributed by atoms with Crippen molar-refractivity contribution in [2.24, 2.45) is 0 Å². The number of nitrogens with zero attached hydrogens (tertiary/aromatic N) is 4. The van der Waals surface area contributed by atoms with Crippen LogP contribution in [0.5, 0.6) is 5.75 Å². The number of hydrogen-bond donors (Lipinski definition) is 0. The van der Waals surface area contributed by atoms with Crippen LogP contribution in [0.1, 0.15) is 5.56 Å². The number of para-hydroxylation sites is 3. The first-order valence-electron chi connectivity index (χ1n) is 11.4. The van der Waals surface area contributed by atoms with Crippen LogP contribution in [0.4, 0.5) is 5.69 Å². The first-order valence-corrected chi connectivity index (χ1v) is 13.3. The van der Waals surface area contributed by atoms with Crippen molar-refractivity contribution >= 4 is 44.9 Å². The van der Waals surface area contributed by atoms with Gasteiger partial charge in [-0.2, -0.15) is 0 Å². The van der Waals surface area contributed by atoms with E-state index in [2.05, 4.69) is 4.90 Å². The van der Waals surface area contributed by atoms with Crippen LogP contribution in [0.2, 0.25) is 0 Å². The molecule has 2 aromatic carbocycles. The van der Waals surface area contributed by atoms with E-state index in [0.29, 0.717) is 28.5 Å². The first-order chi connectivity index (χ1) is 17.1. The highest BCUT2D eigenvalue weighted by atomic mass is 32.2. The number of rotatable bonds is 6. The fourth-order valence-corrected chi connectivity index (χ4v) is 6.04. The van der Waals surface area contributed by atoms with Gasteiger partial charge in [0.05, 0.1) is 29.6 Å². The van der Waals surface area contributed by atoms with Gasteiger partial charge in [-0.15, -0.1) is 11.3 Å². The Balaban J connectivity index is 1.32. The number of ether oxygens (including phenoxy) is 1. The number of carbonyl (C=O) groups is 1. The number of fused-ring (bicyclic) bond motifs is 1. The quantitative estimate of drug-likeness (QED) is 0.288. The van der Waals surface area contributed by atoms with Gasteiger partial charge in [-0.1, -0.05) is 42.1 Å². The largest absolute Gasteiger partial charge is 0.495 e. The summed E-state index contributed by atoms with van der Waals surface area (Å²) >= 11 is 2.76. The minimum atomic E-state index is -0.106. The zero-order valence-corrected chi connectivity index (χ0v) is 21.3. The summed E-state index contributed by atoms with van der Waals surface area (Å²) in [4.78, 5) is 36.0.